The molecule has 12 heteroatoms. The third-order valence-corrected chi connectivity index (χ3v) is 7.27. The smallest absolute Gasteiger partial charge is 0.255 e. The zero-order valence-electron chi connectivity index (χ0n) is 22.5. The summed E-state index contributed by atoms with van der Waals surface area (Å²) in [6.07, 6.45) is -1.68. The standard InChI is InChI=1S/C30H26ClF4N5O2/c1-30(2)14-21-24(29(42)40-30)27(37-20-5-3-4-19(33)25(20)31)26(38-21)16-10-11-36-23(12-16)39-28(41)18(13-22(34)35)15-6-8-17(32)9-7-15/h3-12,18,22,37-38H,13-14H2,1-2H3,(H,40,42)(H,36,39,41). The number of H-pyrrole nitrogens is 1. The number of carbonyl (C=O) groups is 2. The third kappa shape index (κ3) is 6.11. The second-order valence-electron chi connectivity index (χ2n) is 10.6. The van der Waals surface area contributed by atoms with Gasteiger partial charge in [-0.25, -0.2) is 22.5 Å². The van der Waals surface area contributed by atoms with Crippen LogP contribution in [0.5, 0.6) is 0 Å². The van der Waals surface area contributed by atoms with E-state index in [1.54, 1.807) is 12.1 Å². The number of hydrogen-bond acceptors (Lipinski definition) is 4. The number of rotatable bonds is 8. The van der Waals surface area contributed by atoms with Crippen molar-refractivity contribution in [1.29, 1.82) is 0 Å². The Bertz CT molecular complexity index is 1660. The Kier molecular flexibility index (Phi) is 7.96. The molecule has 0 fully saturated rings. The van der Waals surface area contributed by atoms with Crippen molar-refractivity contribution in [2.45, 2.75) is 44.6 Å². The van der Waals surface area contributed by atoms with E-state index in [0.717, 1.165) is 12.1 Å². The van der Waals surface area contributed by atoms with Gasteiger partial charge in [-0.05, 0) is 55.8 Å². The van der Waals surface area contributed by atoms with E-state index < -0.39 is 41.8 Å². The number of pyridine rings is 1. The summed E-state index contributed by atoms with van der Waals surface area (Å²) in [7, 11) is 0. The minimum atomic E-state index is -2.78. The van der Waals surface area contributed by atoms with Gasteiger partial charge in [0, 0.05) is 35.8 Å². The molecule has 1 unspecified atom stereocenters. The average Bonchev–Trinajstić information content (AvgIpc) is 3.27. The molecule has 1 aliphatic rings. The van der Waals surface area contributed by atoms with E-state index in [1.165, 1.54) is 36.5 Å². The molecular weight excluding hydrogens is 574 g/mol. The quantitative estimate of drug-likeness (QED) is 0.161. The molecule has 0 bridgehead atoms. The molecule has 1 aliphatic heterocycles. The van der Waals surface area contributed by atoms with Crippen LogP contribution in [0, 0.1) is 11.6 Å². The molecule has 0 saturated heterocycles. The van der Waals surface area contributed by atoms with E-state index in [9.17, 15) is 27.2 Å². The summed E-state index contributed by atoms with van der Waals surface area (Å²) in [5.41, 5.74) is 2.12. The van der Waals surface area contributed by atoms with Gasteiger partial charge in [0.2, 0.25) is 12.3 Å². The summed E-state index contributed by atoms with van der Waals surface area (Å²) in [6.45, 7) is 3.75. The highest BCUT2D eigenvalue weighted by Crippen LogP contribution is 2.40. The molecule has 3 heterocycles. The number of nitrogens with one attached hydrogen (secondary N) is 4. The molecule has 0 spiro atoms. The Morgan fingerprint density at radius 2 is 1.86 bits per heavy atom. The van der Waals surface area contributed by atoms with Crippen LogP contribution >= 0.6 is 11.6 Å². The molecule has 0 radical (unpaired) electrons. The van der Waals surface area contributed by atoms with Crippen molar-refractivity contribution < 1.29 is 27.2 Å². The first-order valence-electron chi connectivity index (χ1n) is 13.0. The summed E-state index contributed by atoms with van der Waals surface area (Å²) >= 11 is 6.20. The van der Waals surface area contributed by atoms with Crippen LogP contribution in [0.25, 0.3) is 11.3 Å². The first kappa shape index (κ1) is 29.1. The van der Waals surface area contributed by atoms with Crippen molar-refractivity contribution in [1.82, 2.24) is 15.3 Å². The van der Waals surface area contributed by atoms with Gasteiger partial charge in [0.1, 0.15) is 17.5 Å². The van der Waals surface area contributed by atoms with Crippen molar-refractivity contribution in [2.75, 3.05) is 10.6 Å². The predicted octanol–water partition coefficient (Wildman–Crippen LogP) is 7.19. The highest BCUT2D eigenvalue weighted by Gasteiger charge is 2.35. The van der Waals surface area contributed by atoms with Gasteiger partial charge in [-0.15, -0.1) is 0 Å². The van der Waals surface area contributed by atoms with Crippen LogP contribution in [0.4, 0.5) is 34.8 Å². The summed E-state index contributed by atoms with van der Waals surface area (Å²) < 4.78 is 54.4. The molecule has 2 amide bonds. The van der Waals surface area contributed by atoms with Gasteiger partial charge in [0.15, 0.2) is 0 Å². The lowest BCUT2D eigenvalue weighted by atomic mass is 9.91. The number of carbonyl (C=O) groups excluding carboxylic acids is 2. The van der Waals surface area contributed by atoms with Crippen molar-refractivity contribution in [2.24, 2.45) is 0 Å². The predicted molar refractivity (Wildman–Crippen MR) is 152 cm³/mol. The first-order valence-corrected chi connectivity index (χ1v) is 13.4. The molecule has 7 nitrogen and oxygen atoms in total. The zero-order valence-corrected chi connectivity index (χ0v) is 23.3. The van der Waals surface area contributed by atoms with Gasteiger partial charge in [-0.1, -0.05) is 29.8 Å². The fraction of sp³-hybridized carbons (Fsp3) is 0.233. The largest absolute Gasteiger partial charge is 0.356 e. The lowest BCUT2D eigenvalue weighted by Crippen LogP contribution is -2.49. The molecule has 4 aromatic rings. The maximum Gasteiger partial charge on any atom is 0.255 e. The molecule has 1 atom stereocenters. The average molecular weight is 600 g/mol. The van der Waals surface area contributed by atoms with Gasteiger partial charge < -0.3 is 20.9 Å². The lowest BCUT2D eigenvalue weighted by Gasteiger charge is -2.30. The monoisotopic (exact) mass is 599 g/mol. The number of aromatic nitrogens is 2. The first-order chi connectivity index (χ1) is 19.9. The number of benzene rings is 2. The number of anilines is 3. The maximum absolute atomic E-state index is 14.2. The van der Waals surface area contributed by atoms with Gasteiger partial charge in [-0.3, -0.25) is 9.59 Å². The van der Waals surface area contributed by atoms with Crippen LogP contribution < -0.4 is 16.0 Å². The number of amides is 2. The Morgan fingerprint density at radius 3 is 2.57 bits per heavy atom. The second-order valence-corrected chi connectivity index (χ2v) is 11.0. The fourth-order valence-corrected chi connectivity index (χ4v) is 5.18. The number of halogens is 5. The van der Waals surface area contributed by atoms with Crippen LogP contribution in [0.2, 0.25) is 5.02 Å². The molecule has 5 rings (SSSR count). The number of aromatic amines is 1. The molecule has 4 N–H and O–H groups in total. The van der Waals surface area contributed by atoms with E-state index in [2.05, 4.69) is 25.9 Å². The highest BCUT2D eigenvalue weighted by molar-refractivity contribution is 6.33. The van der Waals surface area contributed by atoms with Gasteiger partial charge >= 0.3 is 0 Å². The Balaban J connectivity index is 1.52. The van der Waals surface area contributed by atoms with Crippen LogP contribution in [-0.2, 0) is 11.2 Å². The van der Waals surface area contributed by atoms with Crippen LogP contribution in [0.15, 0.2) is 60.8 Å². The van der Waals surface area contributed by atoms with E-state index >= 15 is 0 Å². The van der Waals surface area contributed by atoms with E-state index in [-0.39, 0.29) is 28.0 Å². The lowest BCUT2D eigenvalue weighted by molar-refractivity contribution is -0.118. The fourth-order valence-electron chi connectivity index (χ4n) is 5.00. The Labute approximate surface area is 243 Å². The maximum atomic E-state index is 14.2. The topological polar surface area (TPSA) is 98.9 Å². The molecule has 0 saturated carbocycles. The van der Waals surface area contributed by atoms with E-state index in [1.807, 2.05) is 13.8 Å². The summed E-state index contributed by atoms with van der Waals surface area (Å²) in [6, 6.07) is 12.2. The summed E-state index contributed by atoms with van der Waals surface area (Å²) in [5.74, 6) is -3.50. The number of fused-ring (bicyclic) bond motifs is 1. The molecule has 2 aromatic heterocycles. The van der Waals surface area contributed by atoms with Gasteiger partial charge in [0.25, 0.3) is 5.91 Å². The van der Waals surface area contributed by atoms with E-state index in [4.69, 9.17) is 11.6 Å². The summed E-state index contributed by atoms with van der Waals surface area (Å²) in [4.78, 5) is 33.8. The van der Waals surface area contributed by atoms with E-state index in [0.29, 0.717) is 34.6 Å². The normalized spacial score (nSPS) is 14.7. The molecular formula is C30H26ClF4N5O2. The van der Waals surface area contributed by atoms with Crippen molar-refractivity contribution in [3.05, 3.63) is 94.3 Å². The molecule has 0 aliphatic carbocycles. The molecule has 218 valence electrons. The van der Waals surface area contributed by atoms with Gasteiger partial charge in [0.05, 0.1) is 33.6 Å². The van der Waals surface area contributed by atoms with Crippen molar-refractivity contribution in [3.63, 3.8) is 0 Å². The Morgan fingerprint density at radius 1 is 1.12 bits per heavy atom. The second kappa shape index (κ2) is 11.5. The number of alkyl halides is 2. The summed E-state index contributed by atoms with van der Waals surface area (Å²) in [5, 5.41) is 8.45. The minimum Gasteiger partial charge on any atom is -0.356 e. The third-order valence-electron chi connectivity index (χ3n) is 6.89. The number of nitrogens with zero attached hydrogens (tertiary/aromatic N) is 1. The van der Waals surface area contributed by atoms with Crippen LogP contribution in [-0.4, -0.2) is 33.7 Å². The van der Waals surface area contributed by atoms with Crippen molar-refractivity contribution in [3.8, 4) is 11.3 Å². The van der Waals surface area contributed by atoms with Crippen LogP contribution in [0.1, 0.15) is 47.8 Å². The molecule has 42 heavy (non-hydrogen) atoms. The number of hydrogen-bond donors (Lipinski definition) is 4. The highest BCUT2D eigenvalue weighted by atomic mass is 35.5. The van der Waals surface area contributed by atoms with Crippen LogP contribution in [0.3, 0.4) is 0 Å². The Hall–Kier alpha value is -4.38. The van der Waals surface area contributed by atoms with Gasteiger partial charge in [-0.2, -0.15) is 0 Å². The SMILES string of the molecule is CC1(C)Cc2[nH]c(-c3ccnc(NC(=O)C(CC(F)F)c4ccc(F)cc4)c3)c(Nc3cccc(F)c3Cl)c2C(=O)N1. The molecule has 2 aromatic carbocycles. The zero-order chi connectivity index (χ0) is 30.2. The minimum absolute atomic E-state index is 0.0611. The van der Waals surface area contributed by atoms with Crippen molar-refractivity contribution >= 4 is 40.6 Å².